The topological polar surface area (TPSA) is 36.4 Å². The second-order valence-electron chi connectivity index (χ2n) is 4.23. The van der Waals surface area contributed by atoms with Crippen LogP contribution in [-0.2, 0) is 6.54 Å². The van der Waals surface area contributed by atoms with E-state index >= 15 is 0 Å². The molecular formula is C12H18BrN3S. The van der Waals surface area contributed by atoms with Crippen molar-refractivity contribution in [3.05, 3.63) is 20.8 Å². The Balaban J connectivity index is 1.84. The summed E-state index contributed by atoms with van der Waals surface area (Å²) in [5, 5.41) is 6.67. The molecule has 3 nitrogen and oxygen atoms in total. The maximum absolute atomic E-state index is 4.58. The molecule has 0 aromatic carbocycles. The van der Waals surface area contributed by atoms with Crippen LogP contribution < -0.4 is 10.6 Å². The van der Waals surface area contributed by atoms with Gasteiger partial charge in [0.05, 0.1) is 10.3 Å². The van der Waals surface area contributed by atoms with Crippen LogP contribution in [0.15, 0.2) is 20.9 Å². The molecule has 1 aromatic rings. The van der Waals surface area contributed by atoms with Crippen molar-refractivity contribution in [2.24, 2.45) is 10.9 Å². The van der Waals surface area contributed by atoms with Crippen LogP contribution in [-0.4, -0.2) is 19.0 Å². The van der Waals surface area contributed by atoms with Gasteiger partial charge in [0.2, 0.25) is 0 Å². The van der Waals surface area contributed by atoms with E-state index in [0.29, 0.717) is 0 Å². The quantitative estimate of drug-likeness (QED) is 0.647. The van der Waals surface area contributed by atoms with E-state index in [-0.39, 0.29) is 0 Å². The molecule has 0 saturated heterocycles. The molecule has 1 saturated carbocycles. The molecule has 5 heteroatoms. The minimum atomic E-state index is 0.746. The zero-order chi connectivity index (χ0) is 12.1. The van der Waals surface area contributed by atoms with E-state index < -0.39 is 0 Å². The Morgan fingerprint density at radius 1 is 1.47 bits per heavy atom. The highest BCUT2D eigenvalue weighted by molar-refractivity contribution is 9.11. The summed E-state index contributed by atoms with van der Waals surface area (Å²) in [5.74, 6) is 1.80. The lowest BCUT2D eigenvalue weighted by molar-refractivity contribution is 0.740. The van der Waals surface area contributed by atoms with Crippen LogP contribution in [0.1, 0.15) is 24.6 Å². The maximum Gasteiger partial charge on any atom is 0.191 e. The number of nitrogens with one attached hydrogen (secondary N) is 2. The van der Waals surface area contributed by atoms with E-state index in [1.165, 1.54) is 21.5 Å². The summed E-state index contributed by atoms with van der Waals surface area (Å²) in [5.41, 5.74) is 0. The van der Waals surface area contributed by atoms with Crippen molar-refractivity contribution in [3.63, 3.8) is 0 Å². The Morgan fingerprint density at radius 3 is 2.88 bits per heavy atom. The molecule has 0 aliphatic heterocycles. The number of rotatable bonds is 5. The Kier molecular flexibility index (Phi) is 4.86. The van der Waals surface area contributed by atoms with Gasteiger partial charge in [-0.05, 0) is 53.7 Å². The Hall–Kier alpha value is -0.550. The first-order valence-corrected chi connectivity index (χ1v) is 7.65. The summed E-state index contributed by atoms with van der Waals surface area (Å²) in [7, 11) is 0. The van der Waals surface area contributed by atoms with Crippen LogP contribution in [0.25, 0.3) is 0 Å². The summed E-state index contributed by atoms with van der Waals surface area (Å²) in [4.78, 5) is 5.86. The minimum Gasteiger partial charge on any atom is -0.357 e. The summed E-state index contributed by atoms with van der Waals surface area (Å²) in [6.45, 7) is 4.80. The molecule has 1 aliphatic rings. The van der Waals surface area contributed by atoms with E-state index in [2.05, 4.69) is 50.6 Å². The molecule has 1 heterocycles. The molecule has 94 valence electrons. The monoisotopic (exact) mass is 315 g/mol. The van der Waals surface area contributed by atoms with E-state index in [0.717, 1.165) is 31.5 Å². The molecule has 0 unspecified atom stereocenters. The average molecular weight is 316 g/mol. The van der Waals surface area contributed by atoms with Crippen LogP contribution in [0, 0.1) is 5.92 Å². The average Bonchev–Trinajstić information content (AvgIpc) is 3.05. The predicted molar refractivity (Wildman–Crippen MR) is 77.6 cm³/mol. The van der Waals surface area contributed by atoms with E-state index in [4.69, 9.17) is 0 Å². The van der Waals surface area contributed by atoms with Crippen molar-refractivity contribution in [1.29, 1.82) is 0 Å². The molecular weight excluding hydrogens is 298 g/mol. The first-order chi connectivity index (χ1) is 8.28. The fraction of sp³-hybridized carbons (Fsp3) is 0.583. The van der Waals surface area contributed by atoms with Crippen molar-refractivity contribution in [3.8, 4) is 0 Å². The van der Waals surface area contributed by atoms with Crippen molar-refractivity contribution in [2.75, 3.05) is 13.1 Å². The molecule has 17 heavy (non-hydrogen) atoms. The summed E-state index contributed by atoms with van der Waals surface area (Å²) < 4.78 is 1.17. The molecule has 1 fully saturated rings. The highest BCUT2D eigenvalue weighted by atomic mass is 79.9. The zero-order valence-corrected chi connectivity index (χ0v) is 12.4. The molecule has 0 spiro atoms. The molecule has 1 aliphatic carbocycles. The number of aliphatic imine (C=N–C) groups is 1. The number of guanidine groups is 1. The maximum atomic E-state index is 4.58. The van der Waals surface area contributed by atoms with E-state index in [1.807, 2.05) is 0 Å². The van der Waals surface area contributed by atoms with Gasteiger partial charge in [-0.3, -0.25) is 0 Å². The van der Waals surface area contributed by atoms with Crippen molar-refractivity contribution >= 4 is 33.2 Å². The van der Waals surface area contributed by atoms with Gasteiger partial charge in [0.15, 0.2) is 5.96 Å². The largest absolute Gasteiger partial charge is 0.357 e. The molecule has 0 radical (unpaired) electrons. The first-order valence-electron chi connectivity index (χ1n) is 6.04. The molecule has 2 N–H and O–H groups in total. The van der Waals surface area contributed by atoms with Gasteiger partial charge in [0, 0.05) is 18.0 Å². The molecule has 0 bridgehead atoms. The summed E-state index contributed by atoms with van der Waals surface area (Å²) in [6, 6.07) is 4.18. The number of hydrogen-bond acceptors (Lipinski definition) is 2. The highest BCUT2D eigenvalue weighted by Gasteiger charge is 2.20. The Labute approximate surface area is 115 Å². The minimum absolute atomic E-state index is 0.746. The highest BCUT2D eigenvalue weighted by Crippen LogP contribution is 2.27. The van der Waals surface area contributed by atoms with E-state index in [9.17, 15) is 0 Å². The van der Waals surface area contributed by atoms with Gasteiger partial charge in [-0.15, -0.1) is 11.3 Å². The van der Waals surface area contributed by atoms with Crippen LogP contribution in [0.2, 0.25) is 0 Å². The van der Waals surface area contributed by atoms with E-state index in [1.54, 1.807) is 11.3 Å². The van der Waals surface area contributed by atoms with Gasteiger partial charge in [-0.2, -0.15) is 0 Å². The van der Waals surface area contributed by atoms with Gasteiger partial charge in [-0.25, -0.2) is 4.99 Å². The SMILES string of the molecule is CCNC(=NCc1ccc(Br)s1)NCC1CC1. The first kappa shape index (κ1) is 12.9. The molecule has 2 rings (SSSR count). The Morgan fingerprint density at radius 2 is 2.29 bits per heavy atom. The van der Waals surface area contributed by atoms with Gasteiger partial charge >= 0.3 is 0 Å². The summed E-state index contributed by atoms with van der Waals surface area (Å²) >= 11 is 5.21. The van der Waals surface area contributed by atoms with Crippen molar-refractivity contribution in [1.82, 2.24) is 10.6 Å². The van der Waals surface area contributed by atoms with Crippen LogP contribution in [0.4, 0.5) is 0 Å². The van der Waals surface area contributed by atoms with Crippen LogP contribution in [0.3, 0.4) is 0 Å². The molecule has 1 aromatic heterocycles. The molecule has 0 atom stereocenters. The van der Waals surface area contributed by atoms with Crippen LogP contribution >= 0.6 is 27.3 Å². The molecule has 0 amide bonds. The van der Waals surface area contributed by atoms with Gasteiger partial charge in [-0.1, -0.05) is 0 Å². The third kappa shape index (κ3) is 4.68. The Bertz CT molecular complexity index is 385. The second-order valence-corrected chi connectivity index (χ2v) is 6.77. The summed E-state index contributed by atoms with van der Waals surface area (Å²) in [6.07, 6.45) is 2.73. The van der Waals surface area contributed by atoms with Crippen molar-refractivity contribution < 1.29 is 0 Å². The fourth-order valence-corrected chi connectivity index (χ4v) is 2.91. The van der Waals surface area contributed by atoms with Gasteiger partial charge < -0.3 is 10.6 Å². The third-order valence-electron chi connectivity index (χ3n) is 2.62. The standard InChI is InChI=1S/C12H18BrN3S/c1-2-14-12(15-7-9-3-4-9)16-8-10-5-6-11(13)17-10/h5-6,9H,2-4,7-8H2,1H3,(H2,14,15,16). The van der Waals surface area contributed by atoms with Crippen LogP contribution in [0.5, 0.6) is 0 Å². The second kappa shape index (κ2) is 6.40. The number of thiophene rings is 1. The van der Waals surface area contributed by atoms with Gasteiger partial charge in [0.1, 0.15) is 0 Å². The number of hydrogen-bond donors (Lipinski definition) is 2. The number of halogens is 1. The lowest BCUT2D eigenvalue weighted by atomic mass is 10.4. The normalized spacial score (nSPS) is 16.0. The van der Waals surface area contributed by atoms with Crippen molar-refractivity contribution in [2.45, 2.75) is 26.3 Å². The fourth-order valence-electron chi connectivity index (χ4n) is 1.50. The lowest BCUT2D eigenvalue weighted by Crippen LogP contribution is -2.38. The smallest absolute Gasteiger partial charge is 0.191 e. The lowest BCUT2D eigenvalue weighted by Gasteiger charge is -2.10. The zero-order valence-electron chi connectivity index (χ0n) is 10.0. The predicted octanol–water partition coefficient (Wildman–Crippen LogP) is 2.98. The van der Waals surface area contributed by atoms with Gasteiger partial charge in [0.25, 0.3) is 0 Å². The third-order valence-corrected chi connectivity index (χ3v) is 4.23. The number of nitrogens with zero attached hydrogens (tertiary/aromatic N) is 1.